The fourth-order valence-electron chi connectivity index (χ4n) is 4.25. The van der Waals surface area contributed by atoms with Gasteiger partial charge in [0.05, 0.1) is 18.5 Å². The van der Waals surface area contributed by atoms with Gasteiger partial charge in [-0.1, -0.05) is 42.5 Å². The van der Waals surface area contributed by atoms with E-state index in [1.54, 1.807) is 30.3 Å². The van der Waals surface area contributed by atoms with Gasteiger partial charge in [0, 0.05) is 29.3 Å². The molecule has 0 saturated heterocycles. The van der Waals surface area contributed by atoms with Crippen molar-refractivity contribution in [1.29, 1.82) is 5.41 Å². The second-order valence-corrected chi connectivity index (χ2v) is 9.08. The van der Waals surface area contributed by atoms with Crippen LogP contribution < -0.4 is 16.4 Å². The number of rotatable bonds is 12. The van der Waals surface area contributed by atoms with Gasteiger partial charge in [-0.15, -0.1) is 0 Å². The van der Waals surface area contributed by atoms with Gasteiger partial charge in [-0.25, -0.2) is 4.79 Å². The van der Waals surface area contributed by atoms with Gasteiger partial charge >= 0.3 is 11.9 Å². The Labute approximate surface area is 228 Å². The van der Waals surface area contributed by atoms with E-state index in [4.69, 9.17) is 22.0 Å². The van der Waals surface area contributed by atoms with Crippen molar-refractivity contribution in [2.75, 3.05) is 4.90 Å². The Balaban J connectivity index is 1.98. The molecular weight excluding hydrogens is 522 g/mol. The van der Waals surface area contributed by atoms with Crippen molar-refractivity contribution in [3.63, 3.8) is 0 Å². The van der Waals surface area contributed by atoms with Crippen molar-refractivity contribution >= 4 is 35.2 Å². The minimum atomic E-state index is -2.17. The molecule has 3 aromatic rings. The first-order chi connectivity index (χ1) is 18.8. The molecule has 0 radical (unpaired) electrons. The number of ketones is 1. The molecule has 1 amide bonds. The number of nitrogens with two attached hydrogens (primary N) is 2. The number of para-hydroxylation sites is 1. The number of carbonyl (C=O) groups excluding carboxylic acids is 2. The number of carboxylic acid groups (broad SMARTS) is 2. The molecule has 1 unspecified atom stereocenters. The van der Waals surface area contributed by atoms with Crippen LogP contribution in [0, 0.1) is 5.41 Å². The Morgan fingerprint density at radius 3 is 2.12 bits per heavy atom. The molecule has 1 aromatic heterocycles. The lowest BCUT2D eigenvalue weighted by Gasteiger charge is -2.31. The van der Waals surface area contributed by atoms with Crippen LogP contribution in [0.25, 0.3) is 0 Å². The molecule has 0 aliphatic rings. The second kappa shape index (κ2) is 12.1. The van der Waals surface area contributed by atoms with E-state index in [9.17, 15) is 34.5 Å². The van der Waals surface area contributed by atoms with Crippen LogP contribution in [0.1, 0.15) is 36.1 Å². The van der Waals surface area contributed by atoms with Crippen LogP contribution in [0.2, 0.25) is 0 Å². The van der Waals surface area contributed by atoms with E-state index >= 15 is 0 Å². The number of amidine groups is 1. The summed E-state index contributed by atoms with van der Waals surface area (Å²) in [6.45, 7) is 1.24. The largest absolute Gasteiger partial charge is 0.494 e. The Bertz CT molecular complexity index is 1440. The summed E-state index contributed by atoms with van der Waals surface area (Å²) in [6, 6.07) is 9.76. The van der Waals surface area contributed by atoms with E-state index in [0.29, 0.717) is 16.0 Å². The van der Waals surface area contributed by atoms with E-state index < -0.39 is 59.9 Å². The highest BCUT2D eigenvalue weighted by Gasteiger charge is 2.42. The van der Waals surface area contributed by atoms with E-state index in [-0.39, 0.29) is 23.5 Å². The topological polar surface area (TPSA) is 233 Å². The van der Waals surface area contributed by atoms with E-state index in [1.807, 2.05) is 0 Å². The van der Waals surface area contributed by atoms with Crippen LogP contribution in [-0.2, 0) is 25.6 Å². The summed E-state index contributed by atoms with van der Waals surface area (Å²) in [5.41, 5.74) is 12.6. The number of carboxylic acids is 2. The normalized spacial score (nSPS) is 13.2. The second-order valence-electron chi connectivity index (χ2n) is 9.08. The van der Waals surface area contributed by atoms with Gasteiger partial charge in [0.1, 0.15) is 5.84 Å². The maximum absolute atomic E-state index is 13.6. The summed E-state index contributed by atoms with van der Waals surface area (Å²) in [6.07, 6.45) is -0.694. The molecule has 9 N–H and O–H groups in total. The molecular formula is C27H29N5O8. The molecule has 0 aliphatic carbocycles. The molecule has 3 atom stereocenters. The third-order valence-corrected chi connectivity index (χ3v) is 6.27. The summed E-state index contributed by atoms with van der Waals surface area (Å²) >= 11 is 0. The molecule has 0 bridgehead atoms. The zero-order valence-corrected chi connectivity index (χ0v) is 21.4. The van der Waals surface area contributed by atoms with Crippen LogP contribution in [0.4, 0.5) is 5.69 Å². The number of benzene rings is 2. The van der Waals surface area contributed by atoms with Crippen LogP contribution in [0.5, 0.6) is 11.8 Å². The fourth-order valence-corrected chi connectivity index (χ4v) is 4.25. The molecule has 13 nitrogen and oxygen atoms in total. The molecule has 2 aromatic carbocycles. The van der Waals surface area contributed by atoms with Crippen LogP contribution in [0.3, 0.4) is 0 Å². The van der Waals surface area contributed by atoms with Crippen molar-refractivity contribution in [1.82, 2.24) is 4.57 Å². The summed E-state index contributed by atoms with van der Waals surface area (Å²) in [7, 11) is 0. The van der Waals surface area contributed by atoms with Gasteiger partial charge in [-0.2, -0.15) is 0 Å². The monoisotopic (exact) mass is 551 g/mol. The molecule has 1 heterocycles. The number of aromatic nitrogens is 1. The smallest absolute Gasteiger partial charge is 0.334 e. The average Bonchev–Trinajstić information content (AvgIpc) is 3.18. The molecule has 210 valence electrons. The Hall–Kier alpha value is -5.17. The molecule has 0 fully saturated rings. The van der Waals surface area contributed by atoms with Gasteiger partial charge < -0.3 is 31.9 Å². The van der Waals surface area contributed by atoms with E-state index in [1.165, 1.54) is 37.3 Å². The van der Waals surface area contributed by atoms with Crippen LogP contribution in [0.15, 0.2) is 60.7 Å². The Morgan fingerprint density at radius 2 is 1.60 bits per heavy atom. The molecule has 0 spiro atoms. The number of aromatic hydroxyl groups is 2. The standard InChI is InChI=1S/C27H29N5O8/c1-14(31-20(33)12-17(25(31)37)11-15-7-9-16(10-8-15)24(29)30)23(36)22(27(39)40)32(18-5-3-2-4-6-18)26(38)19(28)13-21(34)35/h2-10,12,14,19,22,33,37H,11,13,28H2,1H3,(H3,29,30)(H,34,35)(H,39,40)/t14?,19-,22-/m0/s1. The summed E-state index contributed by atoms with van der Waals surface area (Å²) in [5.74, 6) is -6.48. The molecule has 13 heteroatoms. The SMILES string of the molecule is CC(C(=O)[C@@H](C(=O)O)N(C(=O)[C@@H](N)CC(=O)O)c1ccccc1)n1c(O)cc(Cc2ccc(C(=N)N)cc2)c1O. The highest BCUT2D eigenvalue weighted by Crippen LogP contribution is 2.34. The maximum atomic E-state index is 13.6. The summed E-state index contributed by atoms with van der Waals surface area (Å²) < 4.78 is 0.836. The summed E-state index contributed by atoms with van der Waals surface area (Å²) in [5, 5.41) is 48.1. The van der Waals surface area contributed by atoms with Crippen molar-refractivity contribution in [3.8, 4) is 11.8 Å². The number of hydrogen-bond acceptors (Lipinski definition) is 8. The molecule has 0 saturated carbocycles. The number of nitrogens with one attached hydrogen (secondary N) is 1. The third kappa shape index (κ3) is 6.27. The first kappa shape index (κ1) is 29.4. The van der Waals surface area contributed by atoms with Crippen LogP contribution in [-0.4, -0.2) is 66.5 Å². The first-order valence-electron chi connectivity index (χ1n) is 12.0. The lowest BCUT2D eigenvalue weighted by molar-refractivity contribution is -0.145. The van der Waals surface area contributed by atoms with Gasteiger partial charge in [-0.05, 0) is 24.6 Å². The van der Waals surface area contributed by atoms with Crippen molar-refractivity contribution in [2.24, 2.45) is 11.5 Å². The van der Waals surface area contributed by atoms with Crippen LogP contribution >= 0.6 is 0 Å². The number of aliphatic carboxylic acids is 2. The number of carbonyl (C=O) groups is 4. The van der Waals surface area contributed by atoms with E-state index in [2.05, 4.69) is 0 Å². The maximum Gasteiger partial charge on any atom is 0.334 e. The highest BCUT2D eigenvalue weighted by molar-refractivity contribution is 6.15. The number of amides is 1. The first-order valence-corrected chi connectivity index (χ1v) is 12.0. The number of anilines is 1. The predicted octanol–water partition coefficient (Wildman–Crippen LogP) is 1.19. The Morgan fingerprint density at radius 1 is 1.00 bits per heavy atom. The number of nitrogens with zero attached hydrogens (tertiary/aromatic N) is 2. The summed E-state index contributed by atoms with van der Waals surface area (Å²) in [4.78, 5) is 51.0. The average molecular weight is 552 g/mol. The van der Waals surface area contributed by atoms with Gasteiger partial charge in [0.15, 0.2) is 23.6 Å². The van der Waals surface area contributed by atoms with Crippen molar-refractivity contribution in [2.45, 2.75) is 37.9 Å². The quantitative estimate of drug-likeness (QED) is 0.0964. The minimum absolute atomic E-state index is 0.0167. The zero-order chi connectivity index (χ0) is 29.7. The Kier molecular flexibility index (Phi) is 8.91. The minimum Gasteiger partial charge on any atom is -0.494 e. The van der Waals surface area contributed by atoms with Gasteiger partial charge in [0.25, 0.3) is 0 Å². The third-order valence-electron chi connectivity index (χ3n) is 6.27. The van der Waals surface area contributed by atoms with Crippen molar-refractivity contribution < 1.29 is 39.6 Å². The predicted molar refractivity (Wildman–Crippen MR) is 143 cm³/mol. The molecule has 3 rings (SSSR count). The zero-order valence-electron chi connectivity index (χ0n) is 21.4. The lowest BCUT2D eigenvalue weighted by Crippen LogP contribution is -2.56. The van der Waals surface area contributed by atoms with Gasteiger partial charge in [0.2, 0.25) is 5.91 Å². The molecule has 0 aliphatic heterocycles. The fraction of sp³-hybridized carbons (Fsp3) is 0.222. The number of nitrogen functional groups attached to an aromatic ring is 1. The van der Waals surface area contributed by atoms with Crippen molar-refractivity contribution in [3.05, 3.63) is 77.4 Å². The number of Topliss-reactive ketones (excluding diaryl/α,β-unsaturated/α-hetero) is 1. The van der Waals surface area contributed by atoms with E-state index in [0.717, 1.165) is 4.57 Å². The lowest BCUT2D eigenvalue weighted by atomic mass is 10.0. The highest BCUT2D eigenvalue weighted by atomic mass is 16.4. The number of hydrogen-bond donors (Lipinski definition) is 7. The van der Waals surface area contributed by atoms with Gasteiger partial charge in [-0.3, -0.25) is 29.3 Å². The molecule has 40 heavy (non-hydrogen) atoms.